The molecule has 1 unspecified atom stereocenters. The van der Waals surface area contributed by atoms with Crippen molar-refractivity contribution in [3.8, 4) is 11.1 Å². The molecule has 1 aliphatic carbocycles. The smallest absolute Gasteiger partial charge is 0.141 e. The average molecular weight is 299 g/mol. The van der Waals surface area contributed by atoms with Gasteiger partial charge in [-0.25, -0.2) is 0 Å². The van der Waals surface area contributed by atoms with E-state index in [1.54, 1.807) is 0 Å². The van der Waals surface area contributed by atoms with Crippen LogP contribution in [0.1, 0.15) is 37.1 Å². The molecule has 2 aromatic rings. The van der Waals surface area contributed by atoms with Gasteiger partial charge in [0.05, 0.1) is 17.1 Å². The van der Waals surface area contributed by atoms with Gasteiger partial charge in [-0.1, -0.05) is 11.2 Å². The van der Waals surface area contributed by atoms with E-state index in [1.807, 2.05) is 32.0 Å². The summed E-state index contributed by atoms with van der Waals surface area (Å²) in [5, 5.41) is 7.37. The summed E-state index contributed by atoms with van der Waals surface area (Å²) in [6.45, 7) is 3.81. The number of rotatable bonds is 3. The van der Waals surface area contributed by atoms with E-state index in [-0.39, 0.29) is 6.04 Å². The number of benzene rings is 1. The van der Waals surface area contributed by atoms with Gasteiger partial charge in [-0.3, -0.25) is 4.79 Å². The first-order valence-electron chi connectivity index (χ1n) is 7.65. The van der Waals surface area contributed by atoms with Gasteiger partial charge in [-0.05, 0) is 44.4 Å². The maximum Gasteiger partial charge on any atom is 0.141 e. The highest BCUT2D eigenvalue weighted by molar-refractivity contribution is 5.81. The van der Waals surface area contributed by atoms with Crippen LogP contribution in [0, 0.1) is 13.8 Å². The van der Waals surface area contributed by atoms with Crippen LogP contribution in [-0.2, 0) is 4.79 Å². The SMILES string of the molecule is Cc1noc(C)c1-c1ccc(NC2CCCC(=O)C2)c(N)c1. The lowest BCUT2D eigenvalue weighted by atomic mass is 9.94. The summed E-state index contributed by atoms with van der Waals surface area (Å²) in [6.07, 6.45) is 3.26. The molecule has 0 spiro atoms. The van der Waals surface area contributed by atoms with Crippen molar-refractivity contribution < 1.29 is 9.32 Å². The minimum Gasteiger partial charge on any atom is -0.397 e. The van der Waals surface area contributed by atoms with E-state index >= 15 is 0 Å². The average Bonchev–Trinajstić information content (AvgIpc) is 2.81. The minimum absolute atomic E-state index is 0.188. The molecule has 0 aliphatic heterocycles. The van der Waals surface area contributed by atoms with Crippen LogP contribution in [0.15, 0.2) is 22.7 Å². The van der Waals surface area contributed by atoms with Gasteiger partial charge in [0.15, 0.2) is 0 Å². The third kappa shape index (κ3) is 2.84. The fraction of sp³-hybridized carbons (Fsp3) is 0.412. The first-order chi connectivity index (χ1) is 10.5. The van der Waals surface area contributed by atoms with E-state index in [2.05, 4.69) is 10.5 Å². The summed E-state index contributed by atoms with van der Waals surface area (Å²) in [4.78, 5) is 11.5. The second-order valence-electron chi connectivity index (χ2n) is 5.98. The summed E-state index contributed by atoms with van der Waals surface area (Å²) < 4.78 is 5.21. The van der Waals surface area contributed by atoms with E-state index in [0.29, 0.717) is 24.3 Å². The standard InChI is InChI=1S/C17H21N3O2/c1-10-17(11(2)22-20-10)12-6-7-16(15(18)8-12)19-13-4-3-5-14(21)9-13/h6-8,13,19H,3-5,9,18H2,1-2H3. The third-order valence-electron chi connectivity index (χ3n) is 4.22. The monoisotopic (exact) mass is 299 g/mol. The molecule has 1 aliphatic rings. The van der Waals surface area contributed by atoms with Crippen molar-refractivity contribution in [3.63, 3.8) is 0 Å². The van der Waals surface area contributed by atoms with Crippen molar-refractivity contribution in [1.29, 1.82) is 0 Å². The molecule has 0 bridgehead atoms. The molecule has 1 saturated carbocycles. The fourth-order valence-electron chi connectivity index (χ4n) is 3.11. The highest BCUT2D eigenvalue weighted by Crippen LogP contribution is 2.32. The number of nitrogens with zero attached hydrogens (tertiary/aromatic N) is 1. The molecule has 0 radical (unpaired) electrons. The lowest BCUT2D eigenvalue weighted by Gasteiger charge is -2.24. The number of nitrogen functional groups attached to an aromatic ring is 1. The summed E-state index contributed by atoms with van der Waals surface area (Å²) in [5.41, 5.74) is 10.6. The van der Waals surface area contributed by atoms with E-state index in [0.717, 1.165) is 41.1 Å². The van der Waals surface area contributed by atoms with E-state index in [4.69, 9.17) is 10.3 Å². The molecular weight excluding hydrogens is 278 g/mol. The zero-order valence-electron chi connectivity index (χ0n) is 13.0. The minimum atomic E-state index is 0.188. The molecule has 3 N–H and O–H groups in total. The van der Waals surface area contributed by atoms with Gasteiger partial charge >= 0.3 is 0 Å². The van der Waals surface area contributed by atoms with Crippen molar-refractivity contribution in [1.82, 2.24) is 5.16 Å². The second kappa shape index (κ2) is 5.83. The van der Waals surface area contributed by atoms with Gasteiger partial charge in [0.25, 0.3) is 0 Å². The molecule has 5 nitrogen and oxygen atoms in total. The zero-order valence-corrected chi connectivity index (χ0v) is 13.0. The molecule has 3 rings (SSSR count). The molecule has 1 fully saturated rings. The molecule has 116 valence electrons. The van der Waals surface area contributed by atoms with Crippen LogP contribution in [-0.4, -0.2) is 17.0 Å². The van der Waals surface area contributed by atoms with Gasteiger partial charge in [0.1, 0.15) is 11.5 Å². The first kappa shape index (κ1) is 14.6. The summed E-state index contributed by atoms with van der Waals surface area (Å²) in [7, 11) is 0. The first-order valence-corrected chi connectivity index (χ1v) is 7.65. The quantitative estimate of drug-likeness (QED) is 0.848. The maximum absolute atomic E-state index is 11.5. The Labute approximate surface area is 129 Å². The van der Waals surface area contributed by atoms with Gasteiger partial charge in [0, 0.05) is 24.4 Å². The lowest BCUT2D eigenvalue weighted by Crippen LogP contribution is -2.27. The Morgan fingerprint density at radius 2 is 2.18 bits per heavy atom. The van der Waals surface area contributed by atoms with Crippen LogP contribution >= 0.6 is 0 Å². The molecule has 1 aromatic heterocycles. The molecule has 5 heteroatoms. The van der Waals surface area contributed by atoms with E-state index < -0.39 is 0 Å². The number of aryl methyl sites for hydroxylation is 2. The van der Waals surface area contributed by atoms with Crippen LogP contribution in [0.25, 0.3) is 11.1 Å². The molecule has 1 atom stereocenters. The third-order valence-corrected chi connectivity index (χ3v) is 4.22. The number of nitrogens with two attached hydrogens (primary N) is 1. The van der Waals surface area contributed by atoms with Crippen molar-refractivity contribution >= 4 is 17.2 Å². The van der Waals surface area contributed by atoms with Crippen LogP contribution in [0.3, 0.4) is 0 Å². The number of ketones is 1. The molecule has 1 aromatic carbocycles. The Hall–Kier alpha value is -2.30. The Kier molecular flexibility index (Phi) is 3.88. The highest BCUT2D eigenvalue weighted by Gasteiger charge is 2.20. The van der Waals surface area contributed by atoms with Gasteiger partial charge in [-0.2, -0.15) is 0 Å². The predicted molar refractivity (Wildman–Crippen MR) is 86.7 cm³/mol. The van der Waals surface area contributed by atoms with Crippen LogP contribution in [0.4, 0.5) is 11.4 Å². The molecule has 0 amide bonds. The molecule has 0 saturated heterocycles. The maximum atomic E-state index is 11.5. The number of aromatic nitrogens is 1. The van der Waals surface area contributed by atoms with Gasteiger partial charge in [-0.15, -0.1) is 0 Å². The number of carbonyl (C=O) groups excluding carboxylic acids is 1. The van der Waals surface area contributed by atoms with Crippen molar-refractivity contribution in [2.75, 3.05) is 11.1 Å². The van der Waals surface area contributed by atoms with Gasteiger partial charge in [0.2, 0.25) is 0 Å². The molecular formula is C17H21N3O2. The second-order valence-corrected chi connectivity index (χ2v) is 5.98. The largest absolute Gasteiger partial charge is 0.397 e. The fourth-order valence-corrected chi connectivity index (χ4v) is 3.11. The number of hydrogen-bond donors (Lipinski definition) is 2. The Balaban J connectivity index is 1.82. The number of nitrogens with one attached hydrogen (secondary N) is 1. The Bertz CT molecular complexity index is 686. The highest BCUT2D eigenvalue weighted by atomic mass is 16.5. The number of Topliss-reactive ketones (excluding diaryl/α,β-unsaturated/α-hetero) is 1. The van der Waals surface area contributed by atoms with Crippen LogP contribution < -0.4 is 11.1 Å². The van der Waals surface area contributed by atoms with E-state index in [1.165, 1.54) is 0 Å². The number of hydrogen-bond acceptors (Lipinski definition) is 5. The normalized spacial score (nSPS) is 18.5. The molecule has 1 heterocycles. The Morgan fingerprint density at radius 3 is 2.82 bits per heavy atom. The summed E-state index contributed by atoms with van der Waals surface area (Å²) in [6, 6.07) is 6.10. The zero-order chi connectivity index (χ0) is 15.7. The Morgan fingerprint density at radius 1 is 1.36 bits per heavy atom. The predicted octanol–water partition coefficient (Wildman–Crippen LogP) is 3.46. The topological polar surface area (TPSA) is 81.2 Å². The number of carbonyl (C=O) groups is 1. The van der Waals surface area contributed by atoms with Crippen LogP contribution in [0.5, 0.6) is 0 Å². The van der Waals surface area contributed by atoms with E-state index in [9.17, 15) is 4.79 Å². The molecule has 22 heavy (non-hydrogen) atoms. The summed E-state index contributed by atoms with van der Waals surface area (Å²) in [5.74, 6) is 1.12. The van der Waals surface area contributed by atoms with Crippen LogP contribution in [0.2, 0.25) is 0 Å². The van der Waals surface area contributed by atoms with Crippen molar-refractivity contribution in [2.24, 2.45) is 0 Å². The van der Waals surface area contributed by atoms with Crippen molar-refractivity contribution in [3.05, 3.63) is 29.7 Å². The summed E-state index contributed by atoms with van der Waals surface area (Å²) >= 11 is 0. The van der Waals surface area contributed by atoms with Crippen molar-refractivity contribution in [2.45, 2.75) is 45.6 Å². The lowest BCUT2D eigenvalue weighted by molar-refractivity contribution is -0.120. The van der Waals surface area contributed by atoms with Gasteiger partial charge < -0.3 is 15.6 Å². The number of anilines is 2.